The maximum atomic E-state index is 16.9. The highest BCUT2D eigenvalue weighted by Gasteiger charge is 2.75. The summed E-state index contributed by atoms with van der Waals surface area (Å²) in [5.74, 6) is -0.606. The monoisotopic (exact) mass is 1070 g/mol. The van der Waals surface area contributed by atoms with E-state index in [0.717, 1.165) is 30.4 Å². The molecule has 4 aliphatic heterocycles. The molecule has 6 aromatic rings. The number of ether oxygens (including phenoxy) is 5. The number of amides is 4. The number of morpholine rings is 2. The van der Waals surface area contributed by atoms with Crippen LogP contribution < -0.4 is 25.2 Å². The molecule has 4 aliphatic rings. The molecule has 10 rings (SSSR count). The summed E-state index contributed by atoms with van der Waals surface area (Å²) in [5.41, 5.74) is 2.34. The lowest BCUT2D eigenvalue weighted by atomic mass is 9.65. The van der Waals surface area contributed by atoms with E-state index in [9.17, 15) is 14.7 Å². The standard InChI is InChI=1S/C62H59N5O12/c1-39(41-15-7-4-8-16-41)63-61(74)66-50-31-22-40(14-13-21-48(57(70)75-2)58(71)76-3)38-49(50)62(60(66)73)51(56(69)64-45-25-27-46(28-26-45)65-32-35-77-36-33-65)53-59(72)79-54(43-19-11-6-12-20-43)52(42-17-9-5-10-18-42)67(53)55(62)44-23-29-47(30-24-44)78-37-34-68/h4-12,15-20,22-31,38-39,48,51-55,68H,21,32-37H2,1-3H3,(H,63,74)(H,64,69)/t39-,51-,52-,53-,54+,55+,62-/m1/s1. The van der Waals surface area contributed by atoms with E-state index >= 15 is 19.2 Å². The van der Waals surface area contributed by atoms with Crippen LogP contribution in [0, 0.1) is 23.7 Å². The summed E-state index contributed by atoms with van der Waals surface area (Å²) in [6.45, 7) is 4.03. The summed E-state index contributed by atoms with van der Waals surface area (Å²) in [4.78, 5) is 94.8. The number of carbonyl (C=O) groups is 6. The van der Waals surface area contributed by atoms with Crippen molar-refractivity contribution in [1.29, 1.82) is 0 Å². The first kappa shape index (κ1) is 53.6. The zero-order valence-corrected chi connectivity index (χ0v) is 43.8. The van der Waals surface area contributed by atoms with Gasteiger partial charge in [-0.05, 0) is 89.3 Å². The number of esters is 3. The molecule has 6 aromatic carbocycles. The number of methoxy groups -OCH3 is 2. The second kappa shape index (κ2) is 23.4. The van der Waals surface area contributed by atoms with E-state index in [2.05, 4.69) is 27.4 Å². The maximum Gasteiger partial charge on any atom is 0.329 e. The highest BCUT2D eigenvalue weighted by atomic mass is 16.6. The normalized spacial score (nSPS) is 21.7. The molecule has 1 spiro atoms. The lowest BCUT2D eigenvalue weighted by Crippen LogP contribution is -2.55. The molecule has 79 heavy (non-hydrogen) atoms. The van der Waals surface area contributed by atoms with Gasteiger partial charge in [-0.3, -0.25) is 28.9 Å². The van der Waals surface area contributed by atoms with Gasteiger partial charge in [-0.1, -0.05) is 115 Å². The maximum absolute atomic E-state index is 16.9. The molecule has 0 aliphatic carbocycles. The van der Waals surface area contributed by atoms with Gasteiger partial charge >= 0.3 is 23.9 Å². The van der Waals surface area contributed by atoms with Crippen LogP contribution in [-0.2, 0) is 48.3 Å². The summed E-state index contributed by atoms with van der Waals surface area (Å²) >= 11 is 0. The number of hydrogen-bond acceptors (Lipinski definition) is 14. The molecule has 0 saturated carbocycles. The quantitative estimate of drug-likeness (QED) is 0.0422. The second-order valence-electron chi connectivity index (χ2n) is 19.6. The number of nitrogens with zero attached hydrogens (tertiary/aromatic N) is 3. The van der Waals surface area contributed by atoms with Crippen molar-refractivity contribution in [3.63, 3.8) is 0 Å². The van der Waals surface area contributed by atoms with E-state index in [1.807, 2.05) is 108 Å². The van der Waals surface area contributed by atoms with Crippen LogP contribution >= 0.6 is 0 Å². The van der Waals surface area contributed by atoms with E-state index in [1.54, 1.807) is 61.5 Å². The van der Waals surface area contributed by atoms with Gasteiger partial charge in [-0.25, -0.2) is 9.69 Å². The van der Waals surface area contributed by atoms with Gasteiger partial charge in [0.2, 0.25) is 11.8 Å². The molecule has 3 saturated heterocycles. The van der Waals surface area contributed by atoms with Crippen molar-refractivity contribution in [2.45, 2.75) is 49.0 Å². The number of fused-ring (bicyclic) bond motifs is 3. The molecule has 0 aromatic heterocycles. The number of aliphatic hydroxyl groups is 1. The minimum absolute atomic E-state index is 0.00157. The van der Waals surface area contributed by atoms with Crippen molar-refractivity contribution in [2.24, 2.45) is 11.8 Å². The van der Waals surface area contributed by atoms with Crippen molar-refractivity contribution in [3.8, 4) is 17.6 Å². The minimum atomic E-state index is -2.16. The Kier molecular flexibility index (Phi) is 15.9. The number of aliphatic hydroxyl groups excluding tert-OH is 1. The van der Waals surface area contributed by atoms with Crippen LogP contribution in [0.15, 0.2) is 158 Å². The smallest absolute Gasteiger partial charge is 0.329 e. The molecular formula is C62H59N5O12. The van der Waals surface area contributed by atoms with Crippen LogP contribution in [0.25, 0.3) is 0 Å². The summed E-state index contributed by atoms with van der Waals surface area (Å²) in [5, 5.41) is 15.9. The number of cyclic esters (lactones) is 1. The number of urea groups is 1. The number of imide groups is 1. The number of nitrogens with one attached hydrogen (secondary N) is 2. The minimum Gasteiger partial charge on any atom is -0.491 e. The third-order valence-electron chi connectivity index (χ3n) is 15.2. The van der Waals surface area contributed by atoms with Crippen molar-refractivity contribution >= 4 is 52.8 Å². The number of anilines is 3. The van der Waals surface area contributed by atoms with Crippen molar-refractivity contribution in [2.75, 3.05) is 68.9 Å². The van der Waals surface area contributed by atoms with Gasteiger partial charge in [0.15, 0.2) is 5.92 Å². The van der Waals surface area contributed by atoms with Gasteiger partial charge in [0.25, 0.3) is 0 Å². The SMILES string of the molecule is COC(=O)C(CC#Cc1ccc2c(c1)[C@]1(C(=O)N2C(=O)N[C@H](C)c2ccccc2)[C@H](c2ccc(OCCO)cc2)N2[C@H](c3ccccc3)[C@H](c3ccccc3)OC(=O)[C@H]2[C@@H]1C(=O)Nc1ccc(N2CCOCC2)cc1)C(=O)OC. The first-order valence-electron chi connectivity index (χ1n) is 26.1. The Balaban J connectivity index is 1.23. The Morgan fingerprint density at radius 1 is 0.759 bits per heavy atom. The molecule has 0 unspecified atom stereocenters. The van der Waals surface area contributed by atoms with Crippen LogP contribution in [0.4, 0.5) is 21.9 Å². The number of benzene rings is 6. The molecule has 4 amide bonds. The molecular weight excluding hydrogens is 1010 g/mol. The average molecular weight is 1070 g/mol. The van der Waals surface area contributed by atoms with E-state index in [-0.39, 0.29) is 36.4 Å². The molecule has 3 N–H and O–H groups in total. The molecule has 17 heteroatoms. The first-order valence-corrected chi connectivity index (χ1v) is 26.1. The number of rotatable bonds is 14. The van der Waals surface area contributed by atoms with Gasteiger partial charge in [0.05, 0.1) is 63.8 Å². The highest BCUT2D eigenvalue weighted by Crippen LogP contribution is 2.66. The number of hydrogen-bond donors (Lipinski definition) is 3. The fraction of sp³-hybridized carbons (Fsp3) is 0.290. The van der Waals surface area contributed by atoms with Crippen LogP contribution in [0.1, 0.15) is 71.0 Å². The van der Waals surface area contributed by atoms with Gasteiger partial charge in [-0.15, -0.1) is 0 Å². The summed E-state index contributed by atoms with van der Waals surface area (Å²) in [6, 6.07) is 42.0. The lowest BCUT2D eigenvalue weighted by molar-refractivity contribution is -0.178. The summed E-state index contributed by atoms with van der Waals surface area (Å²) < 4.78 is 27.9. The molecule has 0 radical (unpaired) electrons. The van der Waals surface area contributed by atoms with E-state index in [0.29, 0.717) is 54.4 Å². The predicted molar refractivity (Wildman–Crippen MR) is 291 cm³/mol. The fourth-order valence-electron chi connectivity index (χ4n) is 11.6. The van der Waals surface area contributed by atoms with Gasteiger partial charge in [0.1, 0.15) is 29.9 Å². The Hall–Kier alpha value is -8.82. The van der Waals surface area contributed by atoms with Gasteiger partial charge in [0, 0.05) is 36.4 Å². The summed E-state index contributed by atoms with van der Waals surface area (Å²) in [6.07, 6.45) is -1.28. The second-order valence-corrected chi connectivity index (χ2v) is 19.6. The Labute approximate surface area is 457 Å². The van der Waals surface area contributed by atoms with E-state index < -0.39 is 83.3 Å². The molecule has 4 heterocycles. The zero-order chi connectivity index (χ0) is 55.2. The van der Waals surface area contributed by atoms with Crippen LogP contribution in [0.3, 0.4) is 0 Å². The van der Waals surface area contributed by atoms with Gasteiger partial charge in [-0.2, -0.15) is 0 Å². The van der Waals surface area contributed by atoms with E-state index in [4.69, 9.17) is 23.7 Å². The van der Waals surface area contributed by atoms with Crippen LogP contribution in [0.2, 0.25) is 0 Å². The van der Waals surface area contributed by atoms with Gasteiger partial charge < -0.3 is 44.3 Å². The largest absolute Gasteiger partial charge is 0.491 e. The third-order valence-corrected chi connectivity index (χ3v) is 15.2. The van der Waals surface area contributed by atoms with Crippen molar-refractivity contribution in [3.05, 3.63) is 191 Å². The zero-order valence-electron chi connectivity index (χ0n) is 43.8. The van der Waals surface area contributed by atoms with Crippen LogP contribution in [-0.4, -0.2) is 106 Å². The van der Waals surface area contributed by atoms with Crippen LogP contribution in [0.5, 0.6) is 5.75 Å². The molecule has 0 bridgehead atoms. The molecule has 7 atom stereocenters. The Morgan fingerprint density at radius 2 is 1.39 bits per heavy atom. The van der Waals surface area contributed by atoms with Crippen molar-refractivity contribution < 1.29 is 57.6 Å². The fourth-order valence-corrected chi connectivity index (χ4v) is 11.6. The predicted octanol–water partition coefficient (Wildman–Crippen LogP) is 7.37. The molecule has 3 fully saturated rings. The Bertz CT molecular complexity index is 3260. The molecule has 404 valence electrons. The highest BCUT2D eigenvalue weighted by molar-refractivity contribution is 6.25. The average Bonchev–Trinajstić information content (AvgIpc) is 2.11. The topological polar surface area (TPSA) is 203 Å². The van der Waals surface area contributed by atoms with E-state index in [1.165, 1.54) is 0 Å². The third kappa shape index (κ3) is 10.3. The lowest BCUT2D eigenvalue weighted by Gasteiger charge is -2.46. The first-order chi connectivity index (χ1) is 38.5. The molecule has 17 nitrogen and oxygen atoms in total. The summed E-state index contributed by atoms with van der Waals surface area (Å²) in [7, 11) is 2.31. The number of carbonyl (C=O) groups excluding carboxylic acids is 6. The van der Waals surface area contributed by atoms with Crippen molar-refractivity contribution in [1.82, 2.24) is 10.2 Å². The Morgan fingerprint density at radius 3 is 2.03 bits per heavy atom.